The molecule has 60 heavy (non-hydrogen) atoms. The Hall–Kier alpha value is -7.96. The molecule has 0 aliphatic carbocycles. The standard InChI is InChI=1S/C54H32F2N4/c55-33-13-11-19-37(29-33)57(35-15-3-1-4-16-35)47-27-25-39-43-31-50-44(32-49(43)59-45-23-9-7-21-41(45)51(47)53(39)59)40-26-28-48(52-42-22-8-10-24-46(42)60(50)54(40)52)58(36-17-5-2-6-18-36)38-20-12-14-34(56)30-38/h1-32H. The predicted molar refractivity (Wildman–Crippen MR) is 245 cm³/mol. The van der Waals surface area contributed by atoms with Crippen molar-refractivity contribution in [1.82, 2.24) is 8.80 Å². The molecular formula is C54H32F2N4. The monoisotopic (exact) mass is 774 g/mol. The fourth-order valence-electron chi connectivity index (χ4n) is 10.1. The Morgan fingerprint density at radius 2 is 0.700 bits per heavy atom. The molecule has 0 fully saturated rings. The number of benzene rings is 9. The summed E-state index contributed by atoms with van der Waals surface area (Å²) in [5.74, 6) is -0.563. The van der Waals surface area contributed by atoms with Gasteiger partial charge in [-0.05, 0) is 97.1 Å². The first kappa shape index (κ1) is 33.1. The van der Waals surface area contributed by atoms with E-state index in [0.717, 1.165) is 110 Å². The van der Waals surface area contributed by atoms with Gasteiger partial charge in [-0.25, -0.2) is 8.78 Å². The number of hydrogen-bond donors (Lipinski definition) is 0. The summed E-state index contributed by atoms with van der Waals surface area (Å²) in [6.07, 6.45) is 0. The van der Waals surface area contributed by atoms with Crippen LogP contribution in [-0.4, -0.2) is 8.80 Å². The Morgan fingerprint density at radius 1 is 0.300 bits per heavy atom. The number of hydrogen-bond acceptors (Lipinski definition) is 2. The van der Waals surface area contributed by atoms with Crippen molar-refractivity contribution in [3.63, 3.8) is 0 Å². The third kappa shape index (κ3) is 4.47. The van der Waals surface area contributed by atoms with Crippen LogP contribution in [0, 0.1) is 11.6 Å². The molecular weight excluding hydrogens is 743 g/mol. The first-order valence-corrected chi connectivity index (χ1v) is 20.2. The molecule has 0 spiro atoms. The van der Waals surface area contributed by atoms with Gasteiger partial charge in [0.1, 0.15) is 11.6 Å². The first-order valence-electron chi connectivity index (χ1n) is 20.2. The third-order valence-corrected chi connectivity index (χ3v) is 12.4. The number of nitrogens with zero attached hydrogens (tertiary/aromatic N) is 4. The van der Waals surface area contributed by atoms with E-state index in [4.69, 9.17) is 0 Å². The molecule has 0 aliphatic rings. The smallest absolute Gasteiger partial charge is 0.125 e. The minimum Gasteiger partial charge on any atom is -0.310 e. The van der Waals surface area contributed by atoms with E-state index in [1.807, 2.05) is 48.5 Å². The lowest BCUT2D eigenvalue weighted by Gasteiger charge is -2.26. The highest BCUT2D eigenvalue weighted by atomic mass is 19.1. The van der Waals surface area contributed by atoms with E-state index in [2.05, 4.69) is 128 Å². The molecule has 0 radical (unpaired) electrons. The molecule has 0 saturated heterocycles. The molecule has 13 aromatic rings. The number of para-hydroxylation sites is 4. The maximum atomic E-state index is 14.9. The summed E-state index contributed by atoms with van der Waals surface area (Å²) in [6.45, 7) is 0. The van der Waals surface area contributed by atoms with Gasteiger partial charge in [0.25, 0.3) is 0 Å². The van der Waals surface area contributed by atoms with Crippen LogP contribution in [0.5, 0.6) is 0 Å². The second kappa shape index (κ2) is 12.3. The van der Waals surface area contributed by atoms with E-state index in [9.17, 15) is 8.78 Å². The summed E-state index contributed by atoms with van der Waals surface area (Å²) >= 11 is 0. The fourth-order valence-corrected chi connectivity index (χ4v) is 10.1. The zero-order valence-electron chi connectivity index (χ0n) is 32.0. The second-order valence-corrected chi connectivity index (χ2v) is 15.6. The van der Waals surface area contributed by atoms with Crippen LogP contribution >= 0.6 is 0 Å². The Bertz CT molecular complexity index is 3560. The lowest BCUT2D eigenvalue weighted by molar-refractivity contribution is 0.627. The summed E-state index contributed by atoms with van der Waals surface area (Å²) in [4.78, 5) is 4.34. The Balaban J connectivity index is 1.13. The molecule has 13 rings (SSSR count). The fraction of sp³-hybridized carbons (Fsp3) is 0. The summed E-state index contributed by atoms with van der Waals surface area (Å²) < 4.78 is 34.7. The van der Waals surface area contributed by atoms with E-state index in [1.165, 1.54) is 12.1 Å². The summed E-state index contributed by atoms with van der Waals surface area (Å²) in [6, 6.07) is 64.9. The molecule has 0 saturated carbocycles. The zero-order valence-corrected chi connectivity index (χ0v) is 32.0. The molecule has 4 nitrogen and oxygen atoms in total. The molecule has 0 unspecified atom stereocenters. The van der Waals surface area contributed by atoms with Crippen LogP contribution in [0.4, 0.5) is 42.9 Å². The predicted octanol–water partition coefficient (Wildman–Crippen LogP) is 15.2. The molecule has 0 amide bonds. The molecule has 0 aliphatic heterocycles. The molecule has 0 atom stereocenters. The Labute approximate surface area is 342 Å². The summed E-state index contributed by atoms with van der Waals surface area (Å²) in [5.41, 5.74) is 12.1. The number of aromatic nitrogens is 2. The van der Waals surface area contributed by atoms with Crippen molar-refractivity contribution in [1.29, 1.82) is 0 Å². The lowest BCUT2D eigenvalue weighted by Crippen LogP contribution is -2.10. The first-order chi connectivity index (χ1) is 29.6. The van der Waals surface area contributed by atoms with Crippen molar-refractivity contribution in [2.45, 2.75) is 0 Å². The summed E-state index contributed by atoms with van der Waals surface area (Å²) in [5, 5.41) is 9.13. The minimum absolute atomic E-state index is 0.282. The minimum atomic E-state index is -0.282. The van der Waals surface area contributed by atoms with Gasteiger partial charge in [0, 0.05) is 65.8 Å². The van der Waals surface area contributed by atoms with Crippen molar-refractivity contribution in [2.24, 2.45) is 0 Å². The third-order valence-electron chi connectivity index (χ3n) is 12.4. The SMILES string of the molecule is Fc1cccc(N(c2ccccc2)c2ccc3c4cc5c(cc4n4c6ccccc6c2c34)c2ccc(N(c3ccccc3)c3cccc(F)c3)c3c4ccccc4n5c23)c1. The van der Waals surface area contributed by atoms with E-state index < -0.39 is 0 Å². The van der Waals surface area contributed by atoms with Crippen LogP contribution in [0.15, 0.2) is 194 Å². The Kier molecular flexibility index (Phi) is 6.76. The average Bonchev–Trinajstić information content (AvgIpc) is 4.01. The van der Waals surface area contributed by atoms with Gasteiger partial charge in [-0.2, -0.15) is 0 Å². The second-order valence-electron chi connectivity index (χ2n) is 15.6. The zero-order chi connectivity index (χ0) is 39.6. The number of anilines is 6. The van der Waals surface area contributed by atoms with Crippen LogP contribution in [0.1, 0.15) is 0 Å². The molecule has 6 heteroatoms. The number of halogens is 2. The quantitative estimate of drug-likeness (QED) is 0.167. The average molecular weight is 775 g/mol. The van der Waals surface area contributed by atoms with Crippen molar-refractivity contribution in [3.8, 4) is 0 Å². The summed E-state index contributed by atoms with van der Waals surface area (Å²) in [7, 11) is 0. The van der Waals surface area contributed by atoms with Gasteiger partial charge in [0.05, 0.1) is 44.5 Å². The van der Waals surface area contributed by atoms with E-state index in [1.54, 1.807) is 24.3 Å². The number of rotatable bonds is 6. The van der Waals surface area contributed by atoms with Crippen molar-refractivity contribution in [2.75, 3.05) is 9.80 Å². The maximum Gasteiger partial charge on any atom is 0.125 e. The van der Waals surface area contributed by atoms with Gasteiger partial charge < -0.3 is 18.6 Å². The molecule has 9 aromatic carbocycles. The van der Waals surface area contributed by atoms with Gasteiger partial charge in [-0.3, -0.25) is 0 Å². The number of fused-ring (bicyclic) bond motifs is 12. The highest BCUT2D eigenvalue weighted by Gasteiger charge is 2.28. The van der Waals surface area contributed by atoms with Crippen LogP contribution in [0.2, 0.25) is 0 Å². The molecule has 0 bridgehead atoms. The Morgan fingerprint density at radius 3 is 1.13 bits per heavy atom. The van der Waals surface area contributed by atoms with Gasteiger partial charge >= 0.3 is 0 Å². The normalized spacial score (nSPS) is 12.2. The van der Waals surface area contributed by atoms with E-state index >= 15 is 0 Å². The molecule has 4 aromatic heterocycles. The van der Waals surface area contributed by atoms with Gasteiger partial charge in [0.2, 0.25) is 0 Å². The van der Waals surface area contributed by atoms with Gasteiger partial charge in [-0.15, -0.1) is 0 Å². The van der Waals surface area contributed by atoms with Crippen molar-refractivity contribution < 1.29 is 8.78 Å². The highest BCUT2D eigenvalue weighted by Crippen LogP contribution is 2.51. The molecule has 0 N–H and O–H groups in total. The van der Waals surface area contributed by atoms with Crippen LogP contribution in [0.3, 0.4) is 0 Å². The molecule has 4 heterocycles. The van der Waals surface area contributed by atoms with Crippen molar-refractivity contribution in [3.05, 3.63) is 206 Å². The van der Waals surface area contributed by atoms with Crippen LogP contribution in [0.25, 0.3) is 76.2 Å². The highest BCUT2D eigenvalue weighted by molar-refractivity contribution is 6.32. The maximum absolute atomic E-state index is 14.9. The topological polar surface area (TPSA) is 15.3 Å². The van der Waals surface area contributed by atoms with E-state index in [0.29, 0.717) is 0 Å². The lowest BCUT2D eigenvalue weighted by atomic mass is 10.0. The van der Waals surface area contributed by atoms with Crippen molar-refractivity contribution >= 4 is 110 Å². The van der Waals surface area contributed by atoms with Gasteiger partial charge in [-0.1, -0.05) is 97.1 Å². The van der Waals surface area contributed by atoms with Crippen LogP contribution in [-0.2, 0) is 0 Å². The largest absolute Gasteiger partial charge is 0.310 e. The van der Waals surface area contributed by atoms with Crippen LogP contribution < -0.4 is 9.80 Å². The van der Waals surface area contributed by atoms with E-state index in [-0.39, 0.29) is 11.6 Å². The molecule has 282 valence electrons. The van der Waals surface area contributed by atoms with Gasteiger partial charge in [0.15, 0.2) is 0 Å².